The molecule has 1 amide bonds. The van der Waals surface area contributed by atoms with E-state index in [1.54, 1.807) is 47.9 Å². The van der Waals surface area contributed by atoms with Crippen molar-refractivity contribution in [3.8, 4) is 6.07 Å². The van der Waals surface area contributed by atoms with Gasteiger partial charge in [-0.05, 0) is 37.6 Å². The number of benzene rings is 2. The molecule has 0 radical (unpaired) electrons. The lowest BCUT2D eigenvalue weighted by Gasteiger charge is -2.16. The molecule has 1 atom stereocenters. The fourth-order valence-corrected chi connectivity index (χ4v) is 3.73. The number of nitrogens with one attached hydrogen (secondary N) is 1. The smallest absolute Gasteiger partial charge is 0.262 e. The third-order valence-corrected chi connectivity index (χ3v) is 5.32. The first kappa shape index (κ1) is 19.6. The van der Waals surface area contributed by atoms with Crippen molar-refractivity contribution < 1.29 is 4.79 Å². The number of para-hydroxylation sites is 2. The van der Waals surface area contributed by atoms with Gasteiger partial charge in [-0.1, -0.05) is 43.0 Å². The zero-order valence-electron chi connectivity index (χ0n) is 15.7. The molecular formula is C21H20N4O2S. The second kappa shape index (κ2) is 8.72. The minimum atomic E-state index is -0.497. The topological polar surface area (TPSA) is 87.8 Å². The lowest BCUT2D eigenvalue weighted by atomic mass is 10.2. The minimum absolute atomic E-state index is 0.0996. The number of hydrogen-bond donors (Lipinski definition) is 1. The molecule has 3 aromatic rings. The number of fused-ring (bicyclic) bond motifs is 1. The highest BCUT2D eigenvalue weighted by Crippen LogP contribution is 2.24. The molecule has 0 aliphatic rings. The van der Waals surface area contributed by atoms with Gasteiger partial charge in [0.05, 0.1) is 27.4 Å². The van der Waals surface area contributed by atoms with Gasteiger partial charge in [-0.15, -0.1) is 0 Å². The summed E-state index contributed by atoms with van der Waals surface area (Å²) in [7, 11) is 0. The average molecular weight is 392 g/mol. The van der Waals surface area contributed by atoms with E-state index in [2.05, 4.69) is 16.4 Å². The molecule has 1 heterocycles. The van der Waals surface area contributed by atoms with E-state index in [-0.39, 0.29) is 11.5 Å². The number of nitriles is 1. The number of rotatable bonds is 6. The summed E-state index contributed by atoms with van der Waals surface area (Å²) in [6.45, 7) is 4.28. The predicted molar refractivity (Wildman–Crippen MR) is 111 cm³/mol. The normalized spacial score (nSPS) is 11.8. The van der Waals surface area contributed by atoms with Gasteiger partial charge in [0, 0.05) is 6.54 Å². The molecule has 6 nitrogen and oxygen atoms in total. The SMILES string of the molecule is CCCn1c(S[C@@H](C)C(=O)Nc2ccccc2C#N)nc2ccccc2c1=O. The first-order valence-electron chi connectivity index (χ1n) is 9.01. The molecule has 0 fully saturated rings. The van der Waals surface area contributed by atoms with Gasteiger partial charge in [0.25, 0.3) is 5.56 Å². The van der Waals surface area contributed by atoms with Crippen LogP contribution < -0.4 is 10.9 Å². The number of amides is 1. The van der Waals surface area contributed by atoms with Gasteiger partial charge < -0.3 is 5.32 Å². The number of aromatic nitrogens is 2. The summed E-state index contributed by atoms with van der Waals surface area (Å²) in [4.78, 5) is 30.1. The summed E-state index contributed by atoms with van der Waals surface area (Å²) >= 11 is 1.24. The molecule has 2 aromatic carbocycles. The molecular weight excluding hydrogens is 372 g/mol. The Morgan fingerprint density at radius 1 is 1.25 bits per heavy atom. The zero-order valence-corrected chi connectivity index (χ0v) is 16.5. The van der Waals surface area contributed by atoms with Crippen LogP contribution in [0.2, 0.25) is 0 Å². The highest BCUT2D eigenvalue weighted by molar-refractivity contribution is 8.00. The van der Waals surface area contributed by atoms with Crippen LogP contribution in [0.25, 0.3) is 10.9 Å². The number of carbonyl (C=O) groups excluding carboxylic acids is 1. The second-order valence-electron chi connectivity index (χ2n) is 6.28. The van der Waals surface area contributed by atoms with Crippen molar-refractivity contribution in [2.24, 2.45) is 0 Å². The number of hydrogen-bond acceptors (Lipinski definition) is 5. The largest absolute Gasteiger partial charge is 0.324 e. The first-order valence-corrected chi connectivity index (χ1v) is 9.89. The minimum Gasteiger partial charge on any atom is -0.324 e. The maximum absolute atomic E-state index is 12.8. The molecule has 3 rings (SSSR count). The van der Waals surface area contributed by atoms with E-state index in [0.29, 0.717) is 33.9 Å². The van der Waals surface area contributed by atoms with Crippen LogP contribution in [0.3, 0.4) is 0 Å². The summed E-state index contributed by atoms with van der Waals surface area (Å²) in [5, 5.41) is 12.6. The molecule has 0 spiro atoms. The van der Waals surface area contributed by atoms with Crippen LogP contribution in [0.4, 0.5) is 5.69 Å². The Balaban J connectivity index is 1.89. The number of thioether (sulfide) groups is 1. The highest BCUT2D eigenvalue weighted by Gasteiger charge is 2.20. The first-order chi connectivity index (χ1) is 13.5. The standard InChI is InChI=1S/C21H20N4O2S/c1-3-12-25-20(27)16-9-5-7-11-18(16)24-21(25)28-14(2)19(26)23-17-10-6-4-8-15(17)13-22/h4-11,14H,3,12H2,1-2H3,(H,23,26)/t14-/m0/s1. The number of anilines is 1. The van der Waals surface area contributed by atoms with Crippen molar-refractivity contribution in [2.45, 2.75) is 37.2 Å². The van der Waals surface area contributed by atoms with Crippen LogP contribution in [0.1, 0.15) is 25.8 Å². The maximum atomic E-state index is 12.8. The predicted octanol–water partition coefficient (Wildman–Crippen LogP) is 3.80. The summed E-state index contributed by atoms with van der Waals surface area (Å²) < 4.78 is 1.63. The average Bonchev–Trinajstić information content (AvgIpc) is 2.71. The lowest BCUT2D eigenvalue weighted by Crippen LogP contribution is -2.27. The molecule has 0 saturated carbocycles. The Morgan fingerprint density at radius 2 is 1.96 bits per heavy atom. The van der Waals surface area contributed by atoms with Gasteiger partial charge in [-0.2, -0.15) is 5.26 Å². The van der Waals surface area contributed by atoms with Crippen molar-refractivity contribution >= 4 is 34.3 Å². The summed E-state index contributed by atoms with van der Waals surface area (Å²) in [5.41, 5.74) is 1.39. The molecule has 1 N–H and O–H groups in total. The molecule has 28 heavy (non-hydrogen) atoms. The molecule has 1 aromatic heterocycles. The molecule has 0 aliphatic heterocycles. The van der Waals surface area contributed by atoms with Gasteiger partial charge >= 0.3 is 0 Å². The molecule has 0 unspecified atom stereocenters. The fraction of sp³-hybridized carbons (Fsp3) is 0.238. The van der Waals surface area contributed by atoms with Crippen LogP contribution >= 0.6 is 11.8 Å². The van der Waals surface area contributed by atoms with Gasteiger partial charge in [0.1, 0.15) is 6.07 Å². The third-order valence-electron chi connectivity index (χ3n) is 4.23. The molecule has 0 aliphatic carbocycles. The van der Waals surface area contributed by atoms with Crippen molar-refractivity contribution in [3.05, 3.63) is 64.4 Å². The van der Waals surface area contributed by atoms with Crippen molar-refractivity contribution in [1.82, 2.24) is 9.55 Å². The van der Waals surface area contributed by atoms with Crippen molar-refractivity contribution in [3.63, 3.8) is 0 Å². The van der Waals surface area contributed by atoms with E-state index in [1.165, 1.54) is 11.8 Å². The molecule has 0 bridgehead atoms. The third kappa shape index (κ3) is 4.07. The van der Waals surface area contributed by atoms with Crippen LogP contribution in [0.5, 0.6) is 0 Å². The summed E-state index contributed by atoms with van der Waals surface area (Å²) in [6, 6.07) is 16.1. The Morgan fingerprint density at radius 3 is 2.71 bits per heavy atom. The molecule has 0 saturated heterocycles. The Hall–Kier alpha value is -3.11. The molecule has 142 valence electrons. The Labute approximate surface area is 167 Å². The van der Waals surface area contributed by atoms with E-state index in [1.807, 2.05) is 19.1 Å². The van der Waals surface area contributed by atoms with E-state index in [4.69, 9.17) is 0 Å². The van der Waals surface area contributed by atoms with E-state index in [9.17, 15) is 14.9 Å². The summed E-state index contributed by atoms with van der Waals surface area (Å²) in [6.07, 6.45) is 0.781. The lowest BCUT2D eigenvalue weighted by molar-refractivity contribution is -0.115. The van der Waals surface area contributed by atoms with E-state index < -0.39 is 5.25 Å². The summed E-state index contributed by atoms with van der Waals surface area (Å²) in [5.74, 6) is -0.252. The number of carbonyl (C=O) groups is 1. The molecule has 7 heteroatoms. The van der Waals surface area contributed by atoms with Crippen molar-refractivity contribution in [1.29, 1.82) is 5.26 Å². The number of nitrogens with zero attached hydrogens (tertiary/aromatic N) is 3. The second-order valence-corrected chi connectivity index (χ2v) is 7.58. The monoisotopic (exact) mass is 392 g/mol. The van der Waals surface area contributed by atoms with E-state index in [0.717, 1.165) is 6.42 Å². The van der Waals surface area contributed by atoms with Gasteiger partial charge in [0.2, 0.25) is 5.91 Å². The highest BCUT2D eigenvalue weighted by atomic mass is 32.2. The van der Waals surface area contributed by atoms with Gasteiger partial charge in [0.15, 0.2) is 5.16 Å². The van der Waals surface area contributed by atoms with Crippen LogP contribution in [-0.2, 0) is 11.3 Å². The van der Waals surface area contributed by atoms with Gasteiger partial charge in [-0.3, -0.25) is 14.2 Å². The zero-order chi connectivity index (χ0) is 20.1. The quantitative estimate of drug-likeness (QED) is 0.509. The van der Waals surface area contributed by atoms with Gasteiger partial charge in [-0.25, -0.2) is 4.98 Å². The Kier molecular flexibility index (Phi) is 6.12. The van der Waals surface area contributed by atoms with Crippen LogP contribution in [-0.4, -0.2) is 20.7 Å². The Bertz CT molecular complexity index is 1120. The van der Waals surface area contributed by atoms with Crippen LogP contribution in [0, 0.1) is 11.3 Å². The fourth-order valence-electron chi connectivity index (χ4n) is 2.79. The van der Waals surface area contributed by atoms with Crippen LogP contribution in [0.15, 0.2) is 58.5 Å². The van der Waals surface area contributed by atoms with Crippen molar-refractivity contribution in [2.75, 3.05) is 5.32 Å². The maximum Gasteiger partial charge on any atom is 0.262 e. The van der Waals surface area contributed by atoms with E-state index >= 15 is 0 Å².